The number of carbonyl (C=O) groups is 1. The average Bonchev–Trinajstić information content (AvgIpc) is 2.69. The number of amides is 1. The van der Waals surface area contributed by atoms with Crippen LogP contribution in [0, 0.1) is 12.7 Å². The van der Waals surface area contributed by atoms with Gasteiger partial charge >= 0.3 is 0 Å². The highest BCUT2D eigenvalue weighted by molar-refractivity contribution is 6.12. The highest BCUT2D eigenvalue weighted by Gasteiger charge is 2.15. The predicted octanol–water partition coefficient (Wildman–Crippen LogP) is 4.39. The van der Waals surface area contributed by atoms with Crippen molar-refractivity contribution in [3.63, 3.8) is 0 Å². The normalized spacial score (nSPS) is 10.7. The van der Waals surface area contributed by atoms with E-state index in [0.717, 1.165) is 28.3 Å². The molecule has 0 radical (unpaired) electrons. The van der Waals surface area contributed by atoms with Gasteiger partial charge in [-0.25, -0.2) is 9.37 Å². The number of anilines is 1. The van der Waals surface area contributed by atoms with Crippen molar-refractivity contribution in [2.75, 3.05) is 5.32 Å². The SMILES string of the molecule is Cc1ccncc1-c1cc(C(=O)Nc2ccc(F)cn2)c2ncccc2c1. The van der Waals surface area contributed by atoms with Gasteiger partial charge in [0.15, 0.2) is 0 Å². The topological polar surface area (TPSA) is 67.8 Å². The quantitative estimate of drug-likeness (QED) is 0.590. The molecule has 0 aliphatic rings. The maximum atomic E-state index is 13.0. The summed E-state index contributed by atoms with van der Waals surface area (Å²) in [7, 11) is 0. The molecule has 4 rings (SSSR count). The van der Waals surface area contributed by atoms with Gasteiger partial charge in [-0.15, -0.1) is 0 Å². The Kier molecular flexibility index (Phi) is 4.30. The Morgan fingerprint density at radius 1 is 1.04 bits per heavy atom. The van der Waals surface area contributed by atoms with Crippen LogP contribution >= 0.6 is 0 Å². The first-order chi connectivity index (χ1) is 13.1. The summed E-state index contributed by atoms with van der Waals surface area (Å²) < 4.78 is 13.0. The van der Waals surface area contributed by atoms with Crippen LogP contribution in [0.1, 0.15) is 15.9 Å². The van der Waals surface area contributed by atoms with E-state index >= 15 is 0 Å². The number of halogens is 1. The lowest BCUT2D eigenvalue weighted by Crippen LogP contribution is -2.14. The van der Waals surface area contributed by atoms with Crippen LogP contribution in [-0.4, -0.2) is 20.9 Å². The molecule has 27 heavy (non-hydrogen) atoms. The number of rotatable bonds is 3. The number of hydrogen-bond donors (Lipinski definition) is 1. The number of nitrogens with one attached hydrogen (secondary N) is 1. The Labute approximate surface area is 154 Å². The maximum absolute atomic E-state index is 13.0. The van der Waals surface area contributed by atoms with E-state index in [-0.39, 0.29) is 11.7 Å². The van der Waals surface area contributed by atoms with Crippen LogP contribution in [0.5, 0.6) is 0 Å². The molecule has 3 heterocycles. The third kappa shape index (κ3) is 3.37. The number of pyridine rings is 3. The molecule has 1 N–H and O–H groups in total. The van der Waals surface area contributed by atoms with Gasteiger partial charge in [0.05, 0.1) is 17.3 Å². The zero-order chi connectivity index (χ0) is 18.8. The van der Waals surface area contributed by atoms with Gasteiger partial charge in [-0.05, 0) is 54.4 Å². The largest absolute Gasteiger partial charge is 0.306 e. The first-order valence-electron chi connectivity index (χ1n) is 8.34. The molecule has 1 amide bonds. The molecule has 0 spiro atoms. The van der Waals surface area contributed by atoms with Crippen LogP contribution < -0.4 is 5.32 Å². The molecule has 6 heteroatoms. The zero-order valence-corrected chi connectivity index (χ0v) is 14.5. The van der Waals surface area contributed by atoms with Crippen molar-refractivity contribution in [1.29, 1.82) is 0 Å². The van der Waals surface area contributed by atoms with E-state index in [2.05, 4.69) is 20.3 Å². The van der Waals surface area contributed by atoms with Gasteiger partial charge in [0.1, 0.15) is 11.6 Å². The molecule has 132 valence electrons. The number of carbonyl (C=O) groups excluding carboxylic acids is 1. The number of aromatic nitrogens is 3. The first kappa shape index (κ1) is 16.8. The highest BCUT2D eigenvalue weighted by Crippen LogP contribution is 2.28. The molecule has 0 aliphatic heterocycles. The van der Waals surface area contributed by atoms with Crippen LogP contribution in [0.2, 0.25) is 0 Å². The van der Waals surface area contributed by atoms with Crippen molar-refractivity contribution >= 4 is 22.6 Å². The van der Waals surface area contributed by atoms with Gasteiger partial charge in [0.2, 0.25) is 0 Å². The summed E-state index contributed by atoms with van der Waals surface area (Å²) in [6, 6.07) is 12.1. The maximum Gasteiger partial charge on any atom is 0.259 e. The Bertz CT molecular complexity index is 1140. The molecule has 5 nitrogen and oxygen atoms in total. The van der Waals surface area contributed by atoms with E-state index in [1.54, 1.807) is 24.7 Å². The summed E-state index contributed by atoms with van der Waals surface area (Å²) in [6.07, 6.45) is 6.21. The fraction of sp³-hybridized carbons (Fsp3) is 0.0476. The van der Waals surface area contributed by atoms with Crippen LogP contribution in [0.4, 0.5) is 10.2 Å². The summed E-state index contributed by atoms with van der Waals surface area (Å²) in [4.78, 5) is 25.3. The second-order valence-electron chi connectivity index (χ2n) is 6.11. The van der Waals surface area contributed by atoms with Gasteiger partial charge in [-0.2, -0.15) is 0 Å². The van der Waals surface area contributed by atoms with E-state index in [1.165, 1.54) is 12.1 Å². The number of fused-ring (bicyclic) bond motifs is 1. The summed E-state index contributed by atoms with van der Waals surface area (Å²) >= 11 is 0. The molecule has 0 saturated heterocycles. The standard InChI is InChI=1S/C21H15FN4O/c1-13-6-8-23-12-18(13)15-9-14-3-2-7-24-20(14)17(10-15)21(27)26-19-5-4-16(22)11-25-19/h2-12H,1H3,(H,25,26,27). The second kappa shape index (κ2) is 6.92. The average molecular weight is 358 g/mol. The van der Waals surface area contributed by atoms with Crippen LogP contribution in [0.3, 0.4) is 0 Å². The zero-order valence-electron chi connectivity index (χ0n) is 14.5. The molecule has 0 fully saturated rings. The lowest BCUT2D eigenvalue weighted by molar-refractivity contribution is 0.102. The minimum absolute atomic E-state index is 0.272. The number of aryl methyl sites for hydroxylation is 1. The Morgan fingerprint density at radius 2 is 1.93 bits per heavy atom. The Balaban J connectivity index is 1.82. The molecular weight excluding hydrogens is 343 g/mol. The number of nitrogens with zero attached hydrogens (tertiary/aromatic N) is 3. The minimum Gasteiger partial charge on any atom is -0.306 e. The summed E-state index contributed by atoms with van der Waals surface area (Å²) in [6.45, 7) is 1.99. The van der Waals surface area contributed by atoms with Crippen molar-refractivity contribution in [3.8, 4) is 11.1 Å². The first-order valence-corrected chi connectivity index (χ1v) is 8.34. The summed E-state index contributed by atoms with van der Waals surface area (Å²) in [5, 5.41) is 3.54. The fourth-order valence-electron chi connectivity index (χ4n) is 2.92. The minimum atomic E-state index is -0.464. The van der Waals surface area contributed by atoms with Gasteiger partial charge in [0.25, 0.3) is 5.91 Å². The smallest absolute Gasteiger partial charge is 0.259 e. The predicted molar refractivity (Wildman–Crippen MR) is 102 cm³/mol. The number of benzene rings is 1. The summed E-state index contributed by atoms with van der Waals surface area (Å²) in [5.74, 6) is -0.552. The van der Waals surface area contributed by atoms with Crippen molar-refractivity contribution in [1.82, 2.24) is 15.0 Å². The van der Waals surface area contributed by atoms with Crippen LogP contribution in [0.15, 0.2) is 67.3 Å². The molecule has 0 bridgehead atoms. The highest BCUT2D eigenvalue weighted by atomic mass is 19.1. The molecule has 0 aliphatic carbocycles. The molecule has 0 saturated carbocycles. The molecule has 1 aromatic carbocycles. The Hall–Kier alpha value is -3.67. The van der Waals surface area contributed by atoms with Crippen LogP contribution in [-0.2, 0) is 0 Å². The van der Waals surface area contributed by atoms with E-state index in [9.17, 15) is 9.18 Å². The van der Waals surface area contributed by atoms with Gasteiger partial charge in [-0.1, -0.05) is 6.07 Å². The van der Waals surface area contributed by atoms with Crippen LogP contribution in [0.25, 0.3) is 22.0 Å². The van der Waals surface area contributed by atoms with Crippen molar-refractivity contribution in [2.24, 2.45) is 0 Å². The lowest BCUT2D eigenvalue weighted by atomic mass is 9.97. The molecule has 4 aromatic rings. The molecule has 3 aromatic heterocycles. The van der Waals surface area contributed by atoms with Gasteiger partial charge in [-0.3, -0.25) is 14.8 Å². The second-order valence-corrected chi connectivity index (χ2v) is 6.11. The van der Waals surface area contributed by atoms with E-state index < -0.39 is 5.82 Å². The van der Waals surface area contributed by atoms with E-state index in [4.69, 9.17) is 0 Å². The van der Waals surface area contributed by atoms with Crippen molar-refractivity contribution in [3.05, 3.63) is 84.2 Å². The lowest BCUT2D eigenvalue weighted by Gasteiger charge is -2.11. The molecule has 0 atom stereocenters. The van der Waals surface area contributed by atoms with E-state index in [0.29, 0.717) is 11.1 Å². The van der Waals surface area contributed by atoms with Crippen molar-refractivity contribution in [2.45, 2.75) is 6.92 Å². The Morgan fingerprint density at radius 3 is 2.70 bits per heavy atom. The number of hydrogen-bond acceptors (Lipinski definition) is 4. The fourth-order valence-corrected chi connectivity index (χ4v) is 2.92. The van der Waals surface area contributed by atoms with Crippen molar-refractivity contribution < 1.29 is 9.18 Å². The van der Waals surface area contributed by atoms with E-state index in [1.807, 2.05) is 31.2 Å². The monoisotopic (exact) mass is 358 g/mol. The van der Waals surface area contributed by atoms with Gasteiger partial charge < -0.3 is 5.32 Å². The molecule has 0 unspecified atom stereocenters. The van der Waals surface area contributed by atoms with Gasteiger partial charge in [0, 0.05) is 29.5 Å². The molecular formula is C21H15FN4O. The third-order valence-corrected chi connectivity index (χ3v) is 4.27. The third-order valence-electron chi connectivity index (χ3n) is 4.27. The summed E-state index contributed by atoms with van der Waals surface area (Å²) in [5.41, 5.74) is 3.87.